The second-order valence-corrected chi connectivity index (χ2v) is 5.45. The maximum absolute atomic E-state index is 6.18. The van der Waals surface area contributed by atoms with E-state index in [9.17, 15) is 0 Å². The van der Waals surface area contributed by atoms with Gasteiger partial charge in [-0.25, -0.2) is 4.98 Å². The second kappa shape index (κ2) is 5.85. The number of nitrogens with one attached hydrogen (secondary N) is 1. The summed E-state index contributed by atoms with van der Waals surface area (Å²) in [5.74, 6) is 1.19. The minimum atomic E-state index is -0.379. The summed E-state index contributed by atoms with van der Waals surface area (Å²) >= 11 is 11.7. The Balaban J connectivity index is 1.87. The number of aromatic amines is 1. The Morgan fingerprint density at radius 2 is 1.48 bits per heavy atom. The Morgan fingerprint density at radius 1 is 0.905 bits per heavy atom. The lowest BCUT2D eigenvalue weighted by Gasteiger charge is -2.08. The molecule has 0 bridgehead atoms. The van der Waals surface area contributed by atoms with Crippen molar-refractivity contribution in [3.8, 4) is 11.4 Å². The van der Waals surface area contributed by atoms with Gasteiger partial charge in [0.2, 0.25) is 0 Å². The number of benzene rings is 2. The van der Waals surface area contributed by atoms with Crippen LogP contribution in [-0.2, 0) is 0 Å². The van der Waals surface area contributed by atoms with Gasteiger partial charge >= 0.3 is 0 Å². The van der Waals surface area contributed by atoms with E-state index >= 15 is 0 Å². The first-order chi connectivity index (χ1) is 10.1. The number of nitrogens with zero attached hydrogens (tertiary/aromatic N) is 2. The Kier molecular flexibility index (Phi) is 3.92. The first-order valence-electron chi connectivity index (χ1n) is 6.33. The van der Waals surface area contributed by atoms with E-state index in [1.54, 1.807) is 24.3 Å². The number of hydrogen-bond acceptors (Lipinski definition) is 3. The van der Waals surface area contributed by atoms with Gasteiger partial charge in [0.25, 0.3) is 0 Å². The first kappa shape index (κ1) is 14.1. The van der Waals surface area contributed by atoms with Crippen LogP contribution in [-0.4, -0.2) is 15.2 Å². The van der Waals surface area contributed by atoms with Gasteiger partial charge in [-0.2, -0.15) is 5.10 Å². The molecule has 21 heavy (non-hydrogen) atoms. The summed E-state index contributed by atoms with van der Waals surface area (Å²) in [5.41, 5.74) is 7.98. The Labute approximate surface area is 131 Å². The van der Waals surface area contributed by atoms with Crippen LogP contribution in [0.3, 0.4) is 0 Å². The maximum Gasteiger partial charge on any atom is 0.181 e. The number of H-pyrrole nitrogens is 1. The van der Waals surface area contributed by atoms with E-state index in [-0.39, 0.29) is 6.04 Å². The van der Waals surface area contributed by atoms with Gasteiger partial charge in [0.1, 0.15) is 5.82 Å². The molecule has 0 saturated heterocycles. The van der Waals surface area contributed by atoms with Gasteiger partial charge in [0, 0.05) is 15.6 Å². The molecule has 0 spiro atoms. The van der Waals surface area contributed by atoms with Crippen LogP contribution in [0.1, 0.15) is 17.4 Å². The lowest BCUT2D eigenvalue weighted by atomic mass is 10.1. The molecule has 106 valence electrons. The van der Waals surface area contributed by atoms with Crippen LogP contribution < -0.4 is 5.73 Å². The smallest absolute Gasteiger partial charge is 0.181 e. The molecule has 1 atom stereocenters. The van der Waals surface area contributed by atoms with Crippen LogP contribution in [0, 0.1) is 0 Å². The normalized spacial score (nSPS) is 12.3. The summed E-state index contributed by atoms with van der Waals surface area (Å²) in [6.07, 6.45) is 0. The average molecular weight is 319 g/mol. The molecule has 0 aliphatic rings. The van der Waals surface area contributed by atoms with Crippen LogP contribution in [0.25, 0.3) is 11.4 Å². The minimum Gasteiger partial charge on any atom is -0.318 e. The zero-order valence-electron chi connectivity index (χ0n) is 10.9. The van der Waals surface area contributed by atoms with E-state index < -0.39 is 0 Å². The third-order valence-electron chi connectivity index (χ3n) is 3.13. The molecule has 1 heterocycles. The number of hydrogen-bond donors (Lipinski definition) is 2. The summed E-state index contributed by atoms with van der Waals surface area (Å²) in [7, 11) is 0. The molecule has 0 saturated carbocycles. The summed E-state index contributed by atoms with van der Waals surface area (Å²) in [6.45, 7) is 0. The predicted octanol–water partition coefficient (Wildman–Crippen LogP) is 3.83. The molecule has 1 aromatic heterocycles. The van der Waals surface area contributed by atoms with Crippen molar-refractivity contribution in [2.75, 3.05) is 0 Å². The van der Waals surface area contributed by atoms with Gasteiger partial charge in [-0.3, -0.25) is 5.10 Å². The van der Waals surface area contributed by atoms with E-state index in [4.69, 9.17) is 28.9 Å². The summed E-state index contributed by atoms with van der Waals surface area (Å²) in [4.78, 5) is 4.44. The highest BCUT2D eigenvalue weighted by Gasteiger charge is 2.14. The largest absolute Gasteiger partial charge is 0.318 e. The quantitative estimate of drug-likeness (QED) is 0.771. The predicted molar refractivity (Wildman–Crippen MR) is 84.3 cm³/mol. The fourth-order valence-electron chi connectivity index (χ4n) is 1.97. The van der Waals surface area contributed by atoms with Crippen molar-refractivity contribution in [1.82, 2.24) is 15.2 Å². The molecular formula is C15H12Cl2N4. The fraction of sp³-hybridized carbons (Fsp3) is 0.0667. The molecule has 0 aliphatic heterocycles. The van der Waals surface area contributed by atoms with Gasteiger partial charge in [-0.05, 0) is 42.0 Å². The Hall–Kier alpha value is -1.88. The average Bonchev–Trinajstić information content (AvgIpc) is 2.98. The molecule has 1 unspecified atom stereocenters. The van der Waals surface area contributed by atoms with Gasteiger partial charge in [-0.1, -0.05) is 35.3 Å². The van der Waals surface area contributed by atoms with E-state index in [2.05, 4.69) is 15.2 Å². The summed E-state index contributed by atoms with van der Waals surface area (Å²) in [5, 5.41) is 8.42. The number of nitrogens with two attached hydrogens (primary N) is 1. The van der Waals surface area contributed by atoms with Crippen molar-refractivity contribution in [2.24, 2.45) is 5.73 Å². The molecule has 0 amide bonds. The van der Waals surface area contributed by atoms with Gasteiger partial charge in [-0.15, -0.1) is 0 Å². The Morgan fingerprint density at radius 3 is 2.10 bits per heavy atom. The zero-order valence-corrected chi connectivity index (χ0v) is 12.4. The molecule has 0 aliphatic carbocycles. The van der Waals surface area contributed by atoms with E-state index in [1.807, 2.05) is 24.3 Å². The minimum absolute atomic E-state index is 0.379. The monoisotopic (exact) mass is 318 g/mol. The first-order valence-corrected chi connectivity index (χ1v) is 7.08. The van der Waals surface area contributed by atoms with Crippen LogP contribution in [0.2, 0.25) is 10.0 Å². The Bertz CT molecular complexity index is 735. The van der Waals surface area contributed by atoms with Crippen molar-refractivity contribution in [2.45, 2.75) is 6.04 Å². The lowest BCUT2D eigenvalue weighted by Crippen LogP contribution is -2.13. The molecule has 3 aromatic rings. The SMILES string of the molecule is NC(c1ccc(Cl)cc1)c1nc(-c2ccc(Cl)cc2)n[nH]1. The summed E-state index contributed by atoms with van der Waals surface area (Å²) < 4.78 is 0. The van der Waals surface area contributed by atoms with Crippen LogP contribution in [0.4, 0.5) is 0 Å². The van der Waals surface area contributed by atoms with E-state index in [1.165, 1.54) is 0 Å². The maximum atomic E-state index is 6.18. The van der Waals surface area contributed by atoms with Crippen molar-refractivity contribution < 1.29 is 0 Å². The highest BCUT2D eigenvalue weighted by molar-refractivity contribution is 6.30. The summed E-state index contributed by atoms with van der Waals surface area (Å²) in [6, 6.07) is 14.3. The molecule has 3 N–H and O–H groups in total. The van der Waals surface area contributed by atoms with Crippen molar-refractivity contribution in [3.63, 3.8) is 0 Å². The highest BCUT2D eigenvalue weighted by Crippen LogP contribution is 2.22. The molecule has 6 heteroatoms. The molecule has 2 aromatic carbocycles. The van der Waals surface area contributed by atoms with Gasteiger partial charge < -0.3 is 5.73 Å². The van der Waals surface area contributed by atoms with Crippen molar-refractivity contribution >= 4 is 23.2 Å². The standard InChI is InChI=1S/C15H12Cl2N4/c16-11-5-1-9(2-6-11)13(18)15-19-14(20-21-15)10-3-7-12(17)8-4-10/h1-8,13H,18H2,(H,19,20,21). The molecular weight excluding hydrogens is 307 g/mol. The topological polar surface area (TPSA) is 67.6 Å². The zero-order chi connectivity index (χ0) is 14.8. The van der Waals surface area contributed by atoms with Crippen molar-refractivity contribution in [3.05, 3.63) is 70.0 Å². The third kappa shape index (κ3) is 3.08. The third-order valence-corrected chi connectivity index (χ3v) is 3.63. The highest BCUT2D eigenvalue weighted by atomic mass is 35.5. The number of aromatic nitrogens is 3. The fourth-order valence-corrected chi connectivity index (χ4v) is 2.22. The number of rotatable bonds is 3. The lowest BCUT2D eigenvalue weighted by molar-refractivity contribution is 0.787. The van der Waals surface area contributed by atoms with E-state index in [0.717, 1.165) is 11.1 Å². The molecule has 0 radical (unpaired) electrons. The van der Waals surface area contributed by atoms with Gasteiger partial charge in [0.15, 0.2) is 5.82 Å². The van der Waals surface area contributed by atoms with Crippen LogP contribution in [0.15, 0.2) is 48.5 Å². The second-order valence-electron chi connectivity index (χ2n) is 4.58. The van der Waals surface area contributed by atoms with Crippen molar-refractivity contribution in [1.29, 1.82) is 0 Å². The molecule has 0 fully saturated rings. The molecule has 3 rings (SSSR count). The number of halogens is 2. The van der Waals surface area contributed by atoms with E-state index in [0.29, 0.717) is 21.7 Å². The van der Waals surface area contributed by atoms with Crippen LogP contribution in [0.5, 0.6) is 0 Å². The van der Waals surface area contributed by atoms with Crippen LogP contribution >= 0.6 is 23.2 Å². The molecule has 4 nitrogen and oxygen atoms in total. The van der Waals surface area contributed by atoms with Gasteiger partial charge in [0.05, 0.1) is 6.04 Å².